The zero-order valence-corrected chi connectivity index (χ0v) is 19.6. The number of nitrogens with zero attached hydrogens (tertiary/aromatic N) is 4. The Hall–Kier alpha value is -2.46. The predicted molar refractivity (Wildman–Crippen MR) is 128 cm³/mol. The van der Waals surface area contributed by atoms with Crippen LogP contribution in [0.5, 0.6) is 0 Å². The van der Waals surface area contributed by atoms with Crippen LogP contribution in [0.2, 0.25) is 10.0 Å². The number of amides is 2. The maximum absolute atomic E-state index is 12.5. The van der Waals surface area contributed by atoms with Gasteiger partial charge in [0.2, 0.25) is 11.9 Å². The minimum Gasteiger partial charge on any atom is -0.379 e. The summed E-state index contributed by atoms with van der Waals surface area (Å²) in [6.45, 7) is 8.57. The Labute approximate surface area is 197 Å². The lowest BCUT2D eigenvalue weighted by atomic mass is 10.3. The van der Waals surface area contributed by atoms with Crippen molar-refractivity contribution in [3.8, 4) is 0 Å². The molecular formula is C21H27Cl2N7O2. The third kappa shape index (κ3) is 7.90. The highest BCUT2D eigenvalue weighted by atomic mass is 35.5. The van der Waals surface area contributed by atoms with Crippen molar-refractivity contribution in [1.82, 2.24) is 20.2 Å². The molecule has 1 aromatic heterocycles. The number of halogens is 2. The second-order valence-corrected chi connectivity index (χ2v) is 8.16. The molecule has 0 saturated carbocycles. The number of carbonyl (C=O) groups excluding carboxylic acids is 1. The Morgan fingerprint density at radius 3 is 2.50 bits per heavy atom. The highest BCUT2D eigenvalue weighted by molar-refractivity contribution is 6.42. The summed E-state index contributed by atoms with van der Waals surface area (Å²) in [5, 5.41) is 9.21. The quantitative estimate of drug-likeness (QED) is 0.331. The first-order valence-electron chi connectivity index (χ1n) is 10.4. The third-order valence-corrected chi connectivity index (χ3v) is 5.37. The second-order valence-electron chi connectivity index (χ2n) is 7.35. The first-order chi connectivity index (χ1) is 15.4. The standard InChI is InChI=1S/C21H27Cl2N7O2/c1-14-12-15(2)26-20(25-14)28-19(24-6-3-7-30-8-10-32-11-9-30)29-21(31)27-16-4-5-17(22)18(23)13-16/h4-5,12-13H,3,6-11H2,1-2H3,(H3,24,25,26,27,28,29,31). The molecule has 1 aromatic carbocycles. The van der Waals surface area contributed by atoms with E-state index in [2.05, 4.69) is 35.8 Å². The van der Waals surface area contributed by atoms with Crippen molar-refractivity contribution in [3.63, 3.8) is 0 Å². The van der Waals surface area contributed by atoms with Gasteiger partial charge in [-0.25, -0.2) is 14.8 Å². The molecule has 2 amide bonds. The lowest BCUT2D eigenvalue weighted by Crippen LogP contribution is -2.40. The maximum Gasteiger partial charge on any atom is 0.326 e. The lowest BCUT2D eigenvalue weighted by molar-refractivity contribution is 0.0377. The summed E-state index contributed by atoms with van der Waals surface area (Å²) < 4.78 is 5.37. The normalized spacial score (nSPS) is 14.8. The number of rotatable bonds is 6. The first kappa shape index (κ1) is 24.2. The van der Waals surface area contributed by atoms with Gasteiger partial charge in [-0.1, -0.05) is 23.2 Å². The molecule has 0 unspecified atom stereocenters. The second kappa shape index (κ2) is 12.0. The molecule has 0 spiro atoms. The zero-order chi connectivity index (χ0) is 22.9. The number of ether oxygens (including phenoxy) is 1. The number of urea groups is 1. The van der Waals surface area contributed by atoms with E-state index in [1.54, 1.807) is 18.2 Å². The van der Waals surface area contributed by atoms with E-state index in [-0.39, 0.29) is 5.96 Å². The van der Waals surface area contributed by atoms with Gasteiger partial charge in [0.15, 0.2) is 0 Å². The molecular weight excluding hydrogens is 453 g/mol. The minimum atomic E-state index is -0.479. The van der Waals surface area contributed by atoms with Crippen LogP contribution in [0.3, 0.4) is 0 Å². The smallest absolute Gasteiger partial charge is 0.326 e. The van der Waals surface area contributed by atoms with Crippen molar-refractivity contribution in [2.75, 3.05) is 50.0 Å². The largest absolute Gasteiger partial charge is 0.379 e. The number of aromatic nitrogens is 2. The molecule has 32 heavy (non-hydrogen) atoms. The number of anilines is 2. The van der Waals surface area contributed by atoms with Crippen LogP contribution >= 0.6 is 23.2 Å². The van der Waals surface area contributed by atoms with E-state index >= 15 is 0 Å². The van der Waals surface area contributed by atoms with Crippen molar-refractivity contribution in [2.45, 2.75) is 20.3 Å². The van der Waals surface area contributed by atoms with E-state index < -0.39 is 6.03 Å². The van der Waals surface area contributed by atoms with Gasteiger partial charge < -0.3 is 10.1 Å². The predicted octanol–water partition coefficient (Wildman–Crippen LogP) is 3.71. The minimum absolute atomic E-state index is 0.259. The van der Waals surface area contributed by atoms with Gasteiger partial charge in [0, 0.05) is 43.3 Å². The van der Waals surface area contributed by atoms with Gasteiger partial charge in [-0.15, -0.1) is 0 Å². The topological polar surface area (TPSA) is 104 Å². The number of hydrogen-bond acceptors (Lipinski definition) is 6. The molecule has 2 aromatic rings. The van der Waals surface area contributed by atoms with Crippen LogP contribution in [0.4, 0.5) is 16.4 Å². The fourth-order valence-corrected chi connectivity index (χ4v) is 3.45. The summed E-state index contributed by atoms with van der Waals surface area (Å²) in [4.78, 5) is 28.1. The van der Waals surface area contributed by atoms with Gasteiger partial charge in [0.25, 0.3) is 0 Å². The molecule has 172 valence electrons. The van der Waals surface area contributed by atoms with Crippen LogP contribution in [-0.4, -0.2) is 66.3 Å². The molecule has 1 fully saturated rings. The summed E-state index contributed by atoms with van der Waals surface area (Å²) >= 11 is 12.0. The number of aliphatic imine (C=N–C) groups is 1. The average molecular weight is 480 g/mol. The summed E-state index contributed by atoms with van der Waals surface area (Å²) in [6, 6.07) is 6.24. The summed E-state index contributed by atoms with van der Waals surface area (Å²) in [5.41, 5.74) is 2.13. The SMILES string of the molecule is Cc1cc(C)nc(NC(=NCCCN2CCOCC2)NC(=O)Nc2ccc(Cl)c(Cl)c2)n1. The Balaban J connectivity index is 1.63. The zero-order valence-electron chi connectivity index (χ0n) is 18.1. The molecule has 2 heterocycles. The summed E-state index contributed by atoms with van der Waals surface area (Å²) in [6.07, 6.45) is 0.842. The van der Waals surface area contributed by atoms with Crippen molar-refractivity contribution in [1.29, 1.82) is 0 Å². The van der Waals surface area contributed by atoms with Gasteiger partial charge in [-0.2, -0.15) is 0 Å². The van der Waals surface area contributed by atoms with E-state index in [1.807, 2.05) is 19.9 Å². The van der Waals surface area contributed by atoms with E-state index in [9.17, 15) is 4.79 Å². The Bertz CT molecular complexity index is 945. The molecule has 3 rings (SSSR count). The molecule has 1 aliphatic rings. The number of hydrogen-bond donors (Lipinski definition) is 3. The fourth-order valence-electron chi connectivity index (χ4n) is 3.15. The molecule has 0 atom stereocenters. The summed E-state index contributed by atoms with van der Waals surface area (Å²) in [5.74, 6) is 0.624. The monoisotopic (exact) mass is 479 g/mol. The van der Waals surface area contributed by atoms with Crippen molar-refractivity contribution in [2.24, 2.45) is 4.99 Å². The van der Waals surface area contributed by atoms with Crippen LogP contribution in [0.15, 0.2) is 29.3 Å². The van der Waals surface area contributed by atoms with E-state index in [4.69, 9.17) is 27.9 Å². The molecule has 9 nitrogen and oxygen atoms in total. The fraction of sp³-hybridized carbons (Fsp3) is 0.429. The van der Waals surface area contributed by atoms with Crippen LogP contribution in [0.1, 0.15) is 17.8 Å². The molecule has 0 radical (unpaired) electrons. The van der Waals surface area contributed by atoms with Crippen LogP contribution in [0, 0.1) is 13.8 Å². The van der Waals surface area contributed by atoms with E-state index in [0.29, 0.717) is 28.2 Å². The number of benzene rings is 1. The molecule has 1 saturated heterocycles. The molecule has 0 aliphatic carbocycles. The number of morpholine rings is 1. The highest BCUT2D eigenvalue weighted by Gasteiger charge is 2.12. The highest BCUT2D eigenvalue weighted by Crippen LogP contribution is 2.24. The van der Waals surface area contributed by atoms with Crippen molar-refractivity contribution in [3.05, 3.63) is 45.7 Å². The Kier molecular flexibility index (Phi) is 9.04. The summed E-state index contributed by atoms with van der Waals surface area (Å²) in [7, 11) is 0. The number of nitrogens with one attached hydrogen (secondary N) is 3. The first-order valence-corrected chi connectivity index (χ1v) is 11.1. The van der Waals surface area contributed by atoms with Crippen LogP contribution in [-0.2, 0) is 4.74 Å². The Morgan fingerprint density at radius 2 is 1.81 bits per heavy atom. The lowest BCUT2D eigenvalue weighted by Gasteiger charge is -2.26. The van der Waals surface area contributed by atoms with Crippen LogP contribution < -0.4 is 16.0 Å². The molecule has 3 N–H and O–H groups in total. The number of carbonyl (C=O) groups is 1. The third-order valence-electron chi connectivity index (χ3n) is 4.63. The average Bonchev–Trinajstić information content (AvgIpc) is 2.74. The maximum atomic E-state index is 12.5. The van der Waals surface area contributed by atoms with Gasteiger partial charge in [0.05, 0.1) is 23.3 Å². The van der Waals surface area contributed by atoms with E-state index in [0.717, 1.165) is 50.7 Å². The molecule has 1 aliphatic heterocycles. The Morgan fingerprint density at radius 1 is 1.09 bits per heavy atom. The van der Waals surface area contributed by atoms with Gasteiger partial charge >= 0.3 is 6.03 Å². The molecule has 0 bridgehead atoms. The van der Waals surface area contributed by atoms with Gasteiger partial charge in [-0.05, 0) is 44.5 Å². The van der Waals surface area contributed by atoms with Gasteiger partial charge in [0.1, 0.15) is 0 Å². The van der Waals surface area contributed by atoms with Gasteiger partial charge in [-0.3, -0.25) is 20.5 Å². The van der Waals surface area contributed by atoms with E-state index in [1.165, 1.54) is 0 Å². The number of guanidine groups is 1. The number of aryl methyl sites for hydroxylation is 2. The van der Waals surface area contributed by atoms with Crippen molar-refractivity contribution >= 4 is 46.8 Å². The van der Waals surface area contributed by atoms with Crippen molar-refractivity contribution < 1.29 is 9.53 Å². The molecule has 11 heteroatoms. The van der Waals surface area contributed by atoms with Crippen LogP contribution in [0.25, 0.3) is 0 Å².